The summed E-state index contributed by atoms with van der Waals surface area (Å²) in [6.07, 6.45) is 7.48. The highest BCUT2D eigenvalue weighted by Crippen LogP contribution is 2.70. The highest BCUT2D eigenvalue weighted by Gasteiger charge is 2.65. The second kappa shape index (κ2) is 9.96. The van der Waals surface area contributed by atoms with E-state index in [1.807, 2.05) is 6.92 Å². The Bertz CT molecular complexity index is 1000. The number of hydrogen-bond donors (Lipinski definition) is 3. The topological polar surface area (TPSA) is 94.8 Å². The summed E-state index contributed by atoms with van der Waals surface area (Å²) in [6, 6.07) is 0. The van der Waals surface area contributed by atoms with Gasteiger partial charge in [-0.1, -0.05) is 71.1 Å². The first-order valence-corrected chi connectivity index (χ1v) is 13.5. The summed E-state index contributed by atoms with van der Waals surface area (Å²) in [5, 5.41) is 31.2. The van der Waals surface area contributed by atoms with Crippen molar-refractivity contribution >= 4 is 11.9 Å². The average molecular weight is 499 g/mol. The van der Waals surface area contributed by atoms with Crippen LogP contribution in [0.4, 0.5) is 0 Å². The second-order valence-corrected chi connectivity index (χ2v) is 12.7. The SMILES string of the molecule is C=C(CCC(C(=O)O)C1C(O)CC2(C)C3=CCC(C(=C)C)C(C)(CCC(=O)O)C3=CCC12C)C(C)C. The van der Waals surface area contributed by atoms with E-state index in [1.165, 1.54) is 11.1 Å². The van der Waals surface area contributed by atoms with Crippen LogP contribution in [0.25, 0.3) is 0 Å². The van der Waals surface area contributed by atoms with Gasteiger partial charge in [-0.2, -0.15) is 0 Å². The minimum absolute atomic E-state index is 0.0883. The molecule has 0 aliphatic heterocycles. The summed E-state index contributed by atoms with van der Waals surface area (Å²) < 4.78 is 0. The van der Waals surface area contributed by atoms with E-state index in [1.54, 1.807) is 0 Å². The molecule has 3 aliphatic carbocycles. The number of carboxylic acids is 2. The number of carbonyl (C=O) groups is 2. The van der Waals surface area contributed by atoms with Gasteiger partial charge in [0.15, 0.2) is 0 Å². The van der Waals surface area contributed by atoms with Gasteiger partial charge in [-0.3, -0.25) is 9.59 Å². The fourth-order valence-corrected chi connectivity index (χ4v) is 7.85. The lowest BCUT2D eigenvalue weighted by atomic mass is 9.48. The molecule has 7 unspecified atom stereocenters. The third kappa shape index (κ3) is 4.53. The highest BCUT2D eigenvalue weighted by molar-refractivity contribution is 5.71. The number of carboxylic acid groups (broad SMARTS) is 2. The maximum atomic E-state index is 12.6. The molecule has 5 nitrogen and oxygen atoms in total. The zero-order valence-electron chi connectivity index (χ0n) is 23.1. The third-order valence-electron chi connectivity index (χ3n) is 10.4. The fourth-order valence-electron chi connectivity index (χ4n) is 7.85. The maximum Gasteiger partial charge on any atom is 0.306 e. The van der Waals surface area contributed by atoms with Crippen molar-refractivity contribution in [2.45, 2.75) is 92.6 Å². The van der Waals surface area contributed by atoms with Gasteiger partial charge in [0.05, 0.1) is 12.0 Å². The minimum Gasteiger partial charge on any atom is -0.481 e. The third-order valence-corrected chi connectivity index (χ3v) is 10.4. The van der Waals surface area contributed by atoms with Crippen LogP contribution in [0, 0.1) is 39.9 Å². The zero-order valence-corrected chi connectivity index (χ0v) is 23.1. The average Bonchev–Trinajstić information content (AvgIpc) is 2.98. The molecular formula is C31H46O5. The highest BCUT2D eigenvalue weighted by atomic mass is 16.4. The lowest BCUT2D eigenvalue weighted by Crippen LogP contribution is -2.48. The Labute approximate surface area is 217 Å². The Hall–Kier alpha value is -2.14. The predicted molar refractivity (Wildman–Crippen MR) is 143 cm³/mol. The standard InChI is InChI=1S/C31H46O5/c1-18(2)20(5)9-10-21(28(35)36)27-25(32)17-31(8)24-12-11-22(19(3)4)29(6,15-14-26(33)34)23(24)13-16-30(27,31)7/h12-13,18,21-22,25,27,32H,3,5,9-11,14-17H2,1-2,4,6-8H3,(H,33,34)(H,35,36). The molecule has 200 valence electrons. The van der Waals surface area contributed by atoms with Crippen LogP contribution in [0.5, 0.6) is 0 Å². The van der Waals surface area contributed by atoms with Crippen LogP contribution in [-0.2, 0) is 9.59 Å². The van der Waals surface area contributed by atoms with E-state index >= 15 is 0 Å². The van der Waals surface area contributed by atoms with Crippen molar-refractivity contribution in [1.82, 2.24) is 0 Å². The molecule has 0 radical (unpaired) electrons. The Kier molecular flexibility index (Phi) is 7.87. The van der Waals surface area contributed by atoms with Gasteiger partial charge in [0.1, 0.15) is 0 Å². The fraction of sp³-hybridized carbons (Fsp3) is 0.677. The van der Waals surface area contributed by atoms with Crippen LogP contribution in [0.15, 0.2) is 47.6 Å². The van der Waals surface area contributed by atoms with E-state index in [9.17, 15) is 24.9 Å². The summed E-state index contributed by atoms with van der Waals surface area (Å²) in [5.41, 5.74) is 3.28. The van der Waals surface area contributed by atoms with Gasteiger partial charge in [-0.15, -0.1) is 0 Å². The molecule has 0 bridgehead atoms. The van der Waals surface area contributed by atoms with Crippen LogP contribution in [0.3, 0.4) is 0 Å². The monoisotopic (exact) mass is 498 g/mol. The molecule has 3 rings (SSSR count). The second-order valence-electron chi connectivity index (χ2n) is 12.7. The van der Waals surface area contributed by atoms with E-state index in [4.69, 9.17) is 0 Å². The molecule has 0 saturated heterocycles. The molecular weight excluding hydrogens is 452 g/mol. The molecule has 0 aromatic carbocycles. The lowest BCUT2D eigenvalue weighted by Gasteiger charge is -2.56. The van der Waals surface area contributed by atoms with Crippen molar-refractivity contribution in [2.75, 3.05) is 0 Å². The van der Waals surface area contributed by atoms with E-state index < -0.39 is 34.8 Å². The van der Waals surface area contributed by atoms with Crippen LogP contribution in [-0.4, -0.2) is 33.4 Å². The van der Waals surface area contributed by atoms with Crippen LogP contribution < -0.4 is 0 Å². The van der Waals surface area contributed by atoms with Crippen molar-refractivity contribution in [1.29, 1.82) is 0 Å². The normalized spacial score (nSPS) is 36.4. The summed E-state index contributed by atoms with van der Waals surface area (Å²) >= 11 is 0. The van der Waals surface area contributed by atoms with Gasteiger partial charge in [0, 0.05) is 17.8 Å². The van der Waals surface area contributed by atoms with E-state index in [-0.39, 0.29) is 23.7 Å². The smallest absolute Gasteiger partial charge is 0.306 e. The summed E-state index contributed by atoms with van der Waals surface area (Å²) in [7, 11) is 0. The van der Waals surface area contributed by atoms with Gasteiger partial charge in [-0.05, 0) is 79.3 Å². The number of hydrogen-bond acceptors (Lipinski definition) is 3. The maximum absolute atomic E-state index is 12.6. The van der Waals surface area contributed by atoms with E-state index in [0.29, 0.717) is 38.0 Å². The molecule has 0 aromatic heterocycles. The van der Waals surface area contributed by atoms with Crippen LogP contribution in [0.2, 0.25) is 0 Å². The molecule has 0 amide bonds. The van der Waals surface area contributed by atoms with Gasteiger partial charge < -0.3 is 15.3 Å². The molecule has 5 heteroatoms. The quantitative estimate of drug-likeness (QED) is 0.288. The summed E-state index contributed by atoms with van der Waals surface area (Å²) in [4.78, 5) is 24.1. The Morgan fingerprint density at radius 1 is 1.08 bits per heavy atom. The van der Waals surface area contributed by atoms with Gasteiger partial charge in [0.2, 0.25) is 0 Å². The van der Waals surface area contributed by atoms with Crippen molar-refractivity contribution in [2.24, 2.45) is 39.9 Å². The first-order chi connectivity index (χ1) is 16.6. The Morgan fingerprint density at radius 3 is 2.25 bits per heavy atom. The number of allylic oxidation sites excluding steroid dienone is 6. The number of aliphatic hydroxyl groups is 1. The Balaban J connectivity index is 2.05. The molecule has 1 saturated carbocycles. The van der Waals surface area contributed by atoms with Gasteiger partial charge >= 0.3 is 11.9 Å². The van der Waals surface area contributed by atoms with Crippen LogP contribution >= 0.6 is 0 Å². The number of aliphatic hydroxyl groups excluding tert-OH is 1. The molecule has 0 aromatic rings. The van der Waals surface area contributed by atoms with Crippen molar-refractivity contribution in [3.05, 3.63) is 47.6 Å². The van der Waals surface area contributed by atoms with Crippen molar-refractivity contribution in [3.63, 3.8) is 0 Å². The first kappa shape index (κ1) is 28.4. The molecule has 36 heavy (non-hydrogen) atoms. The van der Waals surface area contributed by atoms with E-state index in [0.717, 1.165) is 17.6 Å². The minimum atomic E-state index is -0.845. The summed E-state index contributed by atoms with van der Waals surface area (Å²) in [5.74, 6) is -2.22. The zero-order chi connectivity index (χ0) is 27.2. The largest absolute Gasteiger partial charge is 0.481 e. The molecule has 3 N–H and O–H groups in total. The van der Waals surface area contributed by atoms with E-state index in [2.05, 4.69) is 59.9 Å². The lowest BCUT2D eigenvalue weighted by molar-refractivity contribution is -0.148. The number of aliphatic carboxylic acids is 2. The molecule has 0 spiro atoms. The number of fused-ring (bicyclic) bond motifs is 3. The first-order valence-electron chi connectivity index (χ1n) is 13.5. The molecule has 0 heterocycles. The van der Waals surface area contributed by atoms with Gasteiger partial charge in [-0.25, -0.2) is 0 Å². The summed E-state index contributed by atoms with van der Waals surface area (Å²) in [6.45, 7) is 21.1. The van der Waals surface area contributed by atoms with Crippen molar-refractivity contribution in [3.8, 4) is 0 Å². The van der Waals surface area contributed by atoms with Crippen LogP contribution in [0.1, 0.15) is 86.5 Å². The number of rotatable bonds is 10. The Morgan fingerprint density at radius 2 is 1.72 bits per heavy atom. The predicted octanol–water partition coefficient (Wildman–Crippen LogP) is 6.80. The molecule has 1 fully saturated rings. The molecule has 7 atom stereocenters. The van der Waals surface area contributed by atoms with Crippen molar-refractivity contribution < 1.29 is 24.9 Å². The molecule has 3 aliphatic rings. The van der Waals surface area contributed by atoms with Gasteiger partial charge in [0.25, 0.3) is 0 Å².